The van der Waals surface area contributed by atoms with Crippen LogP contribution < -0.4 is 0 Å². The summed E-state index contributed by atoms with van der Waals surface area (Å²) in [7, 11) is 0. The highest BCUT2D eigenvalue weighted by molar-refractivity contribution is 4.73. The van der Waals surface area contributed by atoms with Gasteiger partial charge in [-0.2, -0.15) is 0 Å². The van der Waals surface area contributed by atoms with E-state index in [4.69, 9.17) is 5.11 Å². The first-order chi connectivity index (χ1) is 8.30. The van der Waals surface area contributed by atoms with Crippen molar-refractivity contribution in [3.05, 3.63) is 0 Å². The molecule has 2 heteroatoms. The summed E-state index contributed by atoms with van der Waals surface area (Å²) in [6, 6.07) is 0. The molecule has 0 aromatic heterocycles. The van der Waals surface area contributed by atoms with E-state index in [1.54, 1.807) is 0 Å². The summed E-state index contributed by atoms with van der Waals surface area (Å²) in [6.45, 7) is 8.24. The van der Waals surface area contributed by atoms with Crippen LogP contribution in [0.1, 0.15) is 58.8 Å². The van der Waals surface area contributed by atoms with Crippen molar-refractivity contribution >= 4 is 0 Å². The minimum absolute atomic E-state index is 0.319. The second kappa shape index (κ2) is 8.93. The molecule has 1 aliphatic rings. The van der Waals surface area contributed by atoms with Gasteiger partial charge in [-0.05, 0) is 37.8 Å². The molecule has 1 fully saturated rings. The molecule has 17 heavy (non-hydrogen) atoms. The lowest BCUT2D eigenvalue weighted by molar-refractivity contribution is 0.141. The van der Waals surface area contributed by atoms with Crippen molar-refractivity contribution in [2.75, 3.05) is 26.2 Å². The first kappa shape index (κ1) is 15.0. The summed E-state index contributed by atoms with van der Waals surface area (Å²) in [5.74, 6) is 1.92. The van der Waals surface area contributed by atoms with E-state index in [1.165, 1.54) is 58.0 Å². The number of rotatable bonds is 8. The minimum atomic E-state index is 0.319. The fraction of sp³-hybridized carbons (Fsp3) is 1.00. The Morgan fingerprint density at radius 3 is 2.41 bits per heavy atom. The molecule has 0 aromatic rings. The first-order valence-corrected chi connectivity index (χ1v) is 7.63. The number of aliphatic hydroxyl groups excluding tert-OH is 1. The van der Waals surface area contributed by atoms with E-state index in [0.717, 1.165) is 18.4 Å². The zero-order valence-electron chi connectivity index (χ0n) is 11.8. The largest absolute Gasteiger partial charge is 0.395 e. The fourth-order valence-electron chi connectivity index (χ4n) is 3.07. The van der Waals surface area contributed by atoms with E-state index in [9.17, 15) is 0 Å². The third-order valence-corrected chi connectivity index (χ3v) is 4.38. The highest BCUT2D eigenvalue weighted by Gasteiger charge is 2.19. The molecule has 0 aromatic carbocycles. The number of piperidine rings is 1. The number of hydrogen-bond acceptors (Lipinski definition) is 2. The van der Waals surface area contributed by atoms with E-state index in [1.807, 2.05) is 0 Å². The lowest BCUT2D eigenvalue weighted by Crippen LogP contribution is -2.35. The van der Waals surface area contributed by atoms with Gasteiger partial charge in [0, 0.05) is 6.54 Å². The van der Waals surface area contributed by atoms with Gasteiger partial charge in [0.25, 0.3) is 0 Å². The lowest BCUT2D eigenvalue weighted by atomic mass is 9.86. The van der Waals surface area contributed by atoms with E-state index >= 15 is 0 Å². The molecule has 1 aliphatic heterocycles. The molecule has 2 nitrogen and oxygen atoms in total. The van der Waals surface area contributed by atoms with Crippen LogP contribution in [-0.4, -0.2) is 36.2 Å². The second-order valence-corrected chi connectivity index (χ2v) is 5.65. The maximum absolute atomic E-state index is 8.91. The SMILES string of the molecule is CCCC(CC)CCC1CCN(CCO)CC1. The number of aliphatic hydroxyl groups is 1. The maximum atomic E-state index is 8.91. The molecule has 102 valence electrons. The number of likely N-dealkylation sites (tertiary alicyclic amines) is 1. The Labute approximate surface area is 107 Å². The van der Waals surface area contributed by atoms with Gasteiger partial charge in [0.15, 0.2) is 0 Å². The Hall–Kier alpha value is -0.0800. The standard InChI is InChI=1S/C15H31NO/c1-3-5-14(4-2)6-7-15-8-10-16(11-9-15)12-13-17/h14-15,17H,3-13H2,1-2H3. The van der Waals surface area contributed by atoms with Gasteiger partial charge in [-0.15, -0.1) is 0 Å². The van der Waals surface area contributed by atoms with Gasteiger partial charge in [-0.1, -0.05) is 46.0 Å². The third kappa shape index (κ3) is 5.87. The number of hydrogen-bond donors (Lipinski definition) is 1. The van der Waals surface area contributed by atoms with E-state index < -0.39 is 0 Å². The summed E-state index contributed by atoms with van der Waals surface area (Å²) in [6.07, 6.45) is 9.69. The normalized spacial score (nSPS) is 20.6. The Morgan fingerprint density at radius 2 is 1.88 bits per heavy atom. The molecule has 1 unspecified atom stereocenters. The molecule has 0 radical (unpaired) electrons. The van der Waals surface area contributed by atoms with Crippen LogP contribution in [0, 0.1) is 11.8 Å². The molecule has 0 bridgehead atoms. The van der Waals surface area contributed by atoms with Gasteiger partial charge in [0.05, 0.1) is 6.61 Å². The van der Waals surface area contributed by atoms with E-state index in [2.05, 4.69) is 18.7 Å². The monoisotopic (exact) mass is 241 g/mol. The minimum Gasteiger partial charge on any atom is -0.395 e. The van der Waals surface area contributed by atoms with Crippen LogP contribution in [0.5, 0.6) is 0 Å². The molecule has 0 saturated carbocycles. The predicted octanol–water partition coefficient (Wildman–Crippen LogP) is 3.30. The van der Waals surface area contributed by atoms with Gasteiger partial charge >= 0.3 is 0 Å². The Bertz CT molecular complexity index is 176. The first-order valence-electron chi connectivity index (χ1n) is 7.63. The van der Waals surface area contributed by atoms with Crippen molar-refractivity contribution in [3.63, 3.8) is 0 Å². The molecule has 0 aliphatic carbocycles. The summed E-state index contributed by atoms with van der Waals surface area (Å²) >= 11 is 0. The summed E-state index contributed by atoms with van der Waals surface area (Å²) < 4.78 is 0. The zero-order chi connectivity index (χ0) is 12.5. The van der Waals surface area contributed by atoms with Gasteiger partial charge in [-0.25, -0.2) is 0 Å². The van der Waals surface area contributed by atoms with Gasteiger partial charge < -0.3 is 10.0 Å². The fourth-order valence-corrected chi connectivity index (χ4v) is 3.07. The Balaban J connectivity index is 2.12. The van der Waals surface area contributed by atoms with Crippen LogP contribution in [0.3, 0.4) is 0 Å². The van der Waals surface area contributed by atoms with Crippen molar-refractivity contribution in [3.8, 4) is 0 Å². The molecule has 1 heterocycles. The van der Waals surface area contributed by atoms with Gasteiger partial charge in [0.2, 0.25) is 0 Å². The smallest absolute Gasteiger partial charge is 0.0558 e. The lowest BCUT2D eigenvalue weighted by Gasteiger charge is -2.32. The summed E-state index contributed by atoms with van der Waals surface area (Å²) in [5.41, 5.74) is 0. The molecule has 1 saturated heterocycles. The summed E-state index contributed by atoms with van der Waals surface area (Å²) in [4.78, 5) is 2.40. The average Bonchev–Trinajstić information content (AvgIpc) is 2.36. The molecule has 0 spiro atoms. The second-order valence-electron chi connectivity index (χ2n) is 5.65. The van der Waals surface area contributed by atoms with E-state index in [-0.39, 0.29) is 0 Å². The van der Waals surface area contributed by atoms with Crippen LogP contribution in [0.25, 0.3) is 0 Å². The van der Waals surface area contributed by atoms with Crippen LogP contribution in [-0.2, 0) is 0 Å². The average molecular weight is 241 g/mol. The van der Waals surface area contributed by atoms with Crippen LogP contribution in [0.2, 0.25) is 0 Å². The quantitative estimate of drug-likeness (QED) is 0.705. The van der Waals surface area contributed by atoms with Gasteiger partial charge in [-0.3, -0.25) is 0 Å². The third-order valence-electron chi connectivity index (χ3n) is 4.38. The highest BCUT2D eigenvalue weighted by atomic mass is 16.3. The number of nitrogens with zero attached hydrogens (tertiary/aromatic N) is 1. The maximum Gasteiger partial charge on any atom is 0.0558 e. The molecule has 1 N–H and O–H groups in total. The predicted molar refractivity (Wildman–Crippen MR) is 74.2 cm³/mol. The number of β-amino-alcohol motifs (C(OH)–C–C–N with tert-alkyl or cyclic N) is 1. The van der Waals surface area contributed by atoms with Crippen LogP contribution >= 0.6 is 0 Å². The van der Waals surface area contributed by atoms with Crippen molar-refractivity contribution in [2.45, 2.75) is 58.8 Å². The van der Waals surface area contributed by atoms with Gasteiger partial charge in [0.1, 0.15) is 0 Å². The Kier molecular flexibility index (Phi) is 7.87. The van der Waals surface area contributed by atoms with Crippen LogP contribution in [0.15, 0.2) is 0 Å². The molecular formula is C15H31NO. The Morgan fingerprint density at radius 1 is 1.18 bits per heavy atom. The van der Waals surface area contributed by atoms with Crippen molar-refractivity contribution in [1.82, 2.24) is 4.90 Å². The summed E-state index contributed by atoms with van der Waals surface area (Å²) in [5, 5.41) is 8.91. The molecule has 0 amide bonds. The van der Waals surface area contributed by atoms with Crippen molar-refractivity contribution < 1.29 is 5.11 Å². The topological polar surface area (TPSA) is 23.5 Å². The van der Waals surface area contributed by atoms with Crippen molar-refractivity contribution in [1.29, 1.82) is 0 Å². The van der Waals surface area contributed by atoms with Crippen molar-refractivity contribution in [2.24, 2.45) is 11.8 Å². The molecular weight excluding hydrogens is 210 g/mol. The molecule has 1 atom stereocenters. The van der Waals surface area contributed by atoms with Crippen LogP contribution in [0.4, 0.5) is 0 Å². The molecule has 1 rings (SSSR count). The highest BCUT2D eigenvalue weighted by Crippen LogP contribution is 2.26. The van der Waals surface area contributed by atoms with E-state index in [0.29, 0.717) is 6.61 Å². The zero-order valence-corrected chi connectivity index (χ0v) is 11.8.